The fourth-order valence-electron chi connectivity index (χ4n) is 2.05. The third-order valence-corrected chi connectivity index (χ3v) is 3.23. The molecular formula is C15H15ClF3NO. The fourth-order valence-corrected chi connectivity index (χ4v) is 2.20. The minimum Gasteiger partial charge on any atom is -0.448 e. The Morgan fingerprint density at radius 3 is 2.57 bits per heavy atom. The molecule has 1 N–H and O–H groups in total. The quantitative estimate of drug-likeness (QED) is 0.835. The van der Waals surface area contributed by atoms with Gasteiger partial charge in [0.2, 0.25) is 0 Å². The number of halogens is 4. The molecule has 1 unspecified atom stereocenters. The van der Waals surface area contributed by atoms with Crippen LogP contribution in [0.15, 0.2) is 40.8 Å². The number of hydrogen-bond donors (Lipinski definition) is 1. The van der Waals surface area contributed by atoms with Crippen LogP contribution in [0.1, 0.15) is 36.3 Å². The lowest BCUT2D eigenvalue weighted by Gasteiger charge is -2.18. The molecule has 0 aliphatic heterocycles. The number of hydrogen-bond acceptors (Lipinski definition) is 2. The summed E-state index contributed by atoms with van der Waals surface area (Å²) in [5.74, 6) is 0.493. The third kappa shape index (κ3) is 4.02. The van der Waals surface area contributed by atoms with Crippen molar-refractivity contribution in [3.63, 3.8) is 0 Å². The lowest BCUT2D eigenvalue weighted by atomic mass is 10.0. The van der Waals surface area contributed by atoms with Crippen molar-refractivity contribution in [3.8, 4) is 0 Å². The summed E-state index contributed by atoms with van der Waals surface area (Å²) >= 11 is 5.76. The second kappa shape index (κ2) is 6.54. The van der Waals surface area contributed by atoms with Crippen molar-refractivity contribution in [2.24, 2.45) is 0 Å². The average molecular weight is 318 g/mol. The van der Waals surface area contributed by atoms with Gasteiger partial charge in [0.25, 0.3) is 0 Å². The predicted molar refractivity (Wildman–Crippen MR) is 75.3 cm³/mol. The largest absolute Gasteiger partial charge is 0.448 e. The van der Waals surface area contributed by atoms with E-state index in [1.54, 1.807) is 18.2 Å². The molecule has 114 valence electrons. The maximum atomic E-state index is 12.8. The van der Waals surface area contributed by atoms with E-state index in [0.29, 0.717) is 17.9 Å². The highest BCUT2D eigenvalue weighted by atomic mass is 35.5. The van der Waals surface area contributed by atoms with Gasteiger partial charge in [-0.15, -0.1) is 0 Å². The Morgan fingerprint density at radius 2 is 2.00 bits per heavy atom. The highest BCUT2D eigenvalue weighted by Gasteiger charge is 2.31. The summed E-state index contributed by atoms with van der Waals surface area (Å²) in [6.07, 6.45) is -3.52. The van der Waals surface area contributed by atoms with Gasteiger partial charge in [-0.3, -0.25) is 0 Å². The van der Waals surface area contributed by atoms with E-state index in [-0.39, 0.29) is 5.22 Å². The molecule has 0 amide bonds. The maximum absolute atomic E-state index is 12.8. The van der Waals surface area contributed by atoms with Crippen LogP contribution in [0.2, 0.25) is 5.22 Å². The normalized spacial score (nSPS) is 13.4. The number of rotatable bonds is 5. The number of benzene rings is 1. The van der Waals surface area contributed by atoms with Gasteiger partial charge in [0.1, 0.15) is 5.76 Å². The van der Waals surface area contributed by atoms with E-state index in [9.17, 15) is 13.2 Å². The molecule has 1 aromatic heterocycles. The van der Waals surface area contributed by atoms with Gasteiger partial charge in [0.15, 0.2) is 5.22 Å². The van der Waals surface area contributed by atoms with E-state index >= 15 is 0 Å². The highest BCUT2D eigenvalue weighted by Crippen LogP contribution is 2.33. The zero-order chi connectivity index (χ0) is 15.5. The smallest absolute Gasteiger partial charge is 0.416 e. The Balaban J connectivity index is 2.37. The van der Waals surface area contributed by atoms with Gasteiger partial charge in [-0.05, 0) is 54.4 Å². The molecule has 1 atom stereocenters. The van der Waals surface area contributed by atoms with Crippen molar-refractivity contribution in [2.75, 3.05) is 6.54 Å². The van der Waals surface area contributed by atoms with Crippen molar-refractivity contribution in [2.45, 2.75) is 25.6 Å². The molecule has 2 rings (SSSR count). The van der Waals surface area contributed by atoms with Crippen LogP contribution in [0.25, 0.3) is 0 Å². The molecular weight excluding hydrogens is 303 g/mol. The number of furan rings is 1. The molecule has 1 aromatic carbocycles. The summed E-state index contributed by atoms with van der Waals surface area (Å²) in [6, 6.07) is 7.99. The van der Waals surface area contributed by atoms with E-state index in [0.717, 1.165) is 18.6 Å². The third-order valence-electron chi connectivity index (χ3n) is 3.02. The first-order valence-electron chi connectivity index (χ1n) is 6.57. The van der Waals surface area contributed by atoms with Crippen molar-refractivity contribution < 1.29 is 17.6 Å². The van der Waals surface area contributed by atoms with Crippen molar-refractivity contribution in [1.82, 2.24) is 5.32 Å². The SMILES string of the molecule is CCCNC(c1cccc(C(F)(F)F)c1)c1ccc(Cl)o1. The zero-order valence-corrected chi connectivity index (χ0v) is 12.1. The van der Waals surface area contributed by atoms with Crippen LogP contribution in [0, 0.1) is 0 Å². The van der Waals surface area contributed by atoms with E-state index in [4.69, 9.17) is 16.0 Å². The maximum Gasteiger partial charge on any atom is 0.416 e. The summed E-state index contributed by atoms with van der Waals surface area (Å²) < 4.78 is 43.8. The van der Waals surface area contributed by atoms with Crippen LogP contribution < -0.4 is 5.32 Å². The van der Waals surface area contributed by atoms with Crippen LogP contribution >= 0.6 is 11.6 Å². The van der Waals surface area contributed by atoms with Crippen molar-refractivity contribution in [3.05, 3.63) is 58.5 Å². The van der Waals surface area contributed by atoms with Crippen LogP contribution in [0.5, 0.6) is 0 Å². The second-order valence-corrected chi connectivity index (χ2v) is 5.02. The van der Waals surface area contributed by atoms with Gasteiger partial charge in [0, 0.05) is 0 Å². The Hall–Kier alpha value is -1.46. The molecule has 0 aliphatic rings. The molecule has 0 fully saturated rings. The summed E-state index contributed by atoms with van der Waals surface area (Å²) in [5.41, 5.74) is -0.190. The zero-order valence-electron chi connectivity index (χ0n) is 11.4. The minimum absolute atomic E-state index is 0.209. The lowest BCUT2D eigenvalue weighted by Crippen LogP contribution is -2.23. The Morgan fingerprint density at radius 1 is 1.24 bits per heavy atom. The molecule has 0 spiro atoms. The Bertz CT molecular complexity index is 595. The van der Waals surface area contributed by atoms with Crippen molar-refractivity contribution in [1.29, 1.82) is 0 Å². The number of nitrogens with one attached hydrogen (secondary N) is 1. The molecule has 2 nitrogen and oxygen atoms in total. The fraction of sp³-hybridized carbons (Fsp3) is 0.333. The molecule has 2 aromatic rings. The molecule has 0 aliphatic carbocycles. The van der Waals surface area contributed by atoms with Gasteiger partial charge >= 0.3 is 6.18 Å². The molecule has 6 heteroatoms. The first kappa shape index (κ1) is 15.9. The first-order chi connectivity index (χ1) is 9.91. The van der Waals surface area contributed by atoms with Crippen LogP contribution in [0.4, 0.5) is 13.2 Å². The minimum atomic E-state index is -4.37. The summed E-state index contributed by atoms with van der Waals surface area (Å²) in [5, 5.41) is 3.38. The summed E-state index contributed by atoms with van der Waals surface area (Å²) in [4.78, 5) is 0. The van der Waals surface area contributed by atoms with Crippen LogP contribution in [-0.4, -0.2) is 6.54 Å². The molecule has 0 saturated heterocycles. The first-order valence-corrected chi connectivity index (χ1v) is 6.95. The standard InChI is InChI=1S/C15H15ClF3NO/c1-2-8-20-14(12-6-7-13(16)21-12)10-4-3-5-11(9-10)15(17,18)19/h3-7,9,14,20H,2,8H2,1H3. The molecule has 21 heavy (non-hydrogen) atoms. The summed E-state index contributed by atoms with van der Waals surface area (Å²) in [6.45, 7) is 2.63. The topological polar surface area (TPSA) is 25.2 Å². The molecule has 0 radical (unpaired) electrons. The van der Waals surface area contributed by atoms with Crippen LogP contribution in [-0.2, 0) is 6.18 Å². The van der Waals surface area contributed by atoms with Gasteiger partial charge < -0.3 is 9.73 Å². The average Bonchev–Trinajstić information content (AvgIpc) is 2.85. The monoisotopic (exact) mass is 317 g/mol. The van der Waals surface area contributed by atoms with Crippen LogP contribution in [0.3, 0.4) is 0 Å². The van der Waals surface area contributed by atoms with E-state index in [1.807, 2.05) is 6.92 Å². The highest BCUT2D eigenvalue weighted by molar-refractivity contribution is 6.28. The van der Waals surface area contributed by atoms with E-state index in [1.165, 1.54) is 6.07 Å². The Labute approximate surface area is 125 Å². The van der Waals surface area contributed by atoms with Gasteiger partial charge in [-0.2, -0.15) is 13.2 Å². The van der Waals surface area contributed by atoms with E-state index in [2.05, 4.69) is 5.32 Å². The summed E-state index contributed by atoms with van der Waals surface area (Å²) in [7, 11) is 0. The molecule has 0 saturated carbocycles. The van der Waals surface area contributed by atoms with Gasteiger partial charge in [-0.25, -0.2) is 0 Å². The molecule has 0 bridgehead atoms. The van der Waals surface area contributed by atoms with Gasteiger partial charge in [-0.1, -0.05) is 19.1 Å². The van der Waals surface area contributed by atoms with Gasteiger partial charge in [0.05, 0.1) is 11.6 Å². The van der Waals surface area contributed by atoms with E-state index < -0.39 is 17.8 Å². The van der Waals surface area contributed by atoms with Crippen molar-refractivity contribution >= 4 is 11.6 Å². The Kier molecular flexibility index (Phi) is 4.96. The lowest BCUT2D eigenvalue weighted by molar-refractivity contribution is -0.137. The number of alkyl halides is 3. The predicted octanol–water partition coefficient (Wildman–Crippen LogP) is 5.04. The molecule has 1 heterocycles. The second-order valence-electron chi connectivity index (χ2n) is 4.65.